The molecule has 0 saturated heterocycles. The van der Waals surface area contributed by atoms with Crippen LogP contribution in [0.15, 0.2) is 40.3 Å². The molecule has 3 heteroatoms. The molecular formula is C9H6BrNS. The summed E-state index contributed by atoms with van der Waals surface area (Å²) >= 11 is 5.05. The Hall–Kier alpha value is -0.670. The van der Waals surface area contributed by atoms with Gasteiger partial charge in [0.15, 0.2) is 0 Å². The second-order valence-corrected chi connectivity index (χ2v) is 4.15. The van der Waals surface area contributed by atoms with Crippen molar-refractivity contribution >= 4 is 27.3 Å². The van der Waals surface area contributed by atoms with Crippen molar-refractivity contribution in [1.29, 1.82) is 0 Å². The molecule has 12 heavy (non-hydrogen) atoms. The van der Waals surface area contributed by atoms with Gasteiger partial charge in [-0.05, 0) is 12.1 Å². The van der Waals surface area contributed by atoms with Crippen molar-refractivity contribution in [3.63, 3.8) is 0 Å². The molecule has 0 fully saturated rings. The number of benzene rings is 1. The standard InChI is InChI=1S/C9H6BrNS/c10-8-3-1-7(2-4-8)9-11-5-6-12-9/h1-6H. The molecule has 0 bridgehead atoms. The fourth-order valence-electron chi connectivity index (χ4n) is 0.958. The van der Waals surface area contributed by atoms with Crippen molar-refractivity contribution in [2.75, 3.05) is 0 Å². The molecule has 0 aliphatic rings. The molecule has 1 aromatic heterocycles. The molecule has 2 aromatic rings. The Labute approximate surface area is 83.2 Å². The van der Waals surface area contributed by atoms with E-state index in [1.54, 1.807) is 11.3 Å². The van der Waals surface area contributed by atoms with Gasteiger partial charge in [0.25, 0.3) is 0 Å². The van der Waals surface area contributed by atoms with Crippen molar-refractivity contribution in [3.05, 3.63) is 40.3 Å². The van der Waals surface area contributed by atoms with Crippen LogP contribution in [0.4, 0.5) is 0 Å². The SMILES string of the molecule is Brc1ccc(-c2nccs2)cc1. The number of hydrogen-bond donors (Lipinski definition) is 0. The van der Waals surface area contributed by atoms with Crippen LogP contribution in [0.1, 0.15) is 0 Å². The maximum atomic E-state index is 4.22. The van der Waals surface area contributed by atoms with Crippen molar-refractivity contribution < 1.29 is 0 Å². The minimum atomic E-state index is 1.07. The van der Waals surface area contributed by atoms with E-state index in [0.717, 1.165) is 9.48 Å². The predicted molar refractivity (Wildman–Crippen MR) is 55.3 cm³/mol. The van der Waals surface area contributed by atoms with Gasteiger partial charge in [-0.3, -0.25) is 0 Å². The van der Waals surface area contributed by atoms with E-state index in [1.165, 1.54) is 5.56 Å². The maximum Gasteiger partial charge on any atom is 0.123 e. The summed E-state index contributed by atoms with van der Waals surface area (Å²) < 4.78 is 1.10. The summed E-state index contributed by atoms with van der Waals surface area (Å²) in [4.78, 5) is 4.22. The van der Waals surface area contributed by atoms with Gasteiger partial charge in [-0.2, -0.15) is 0 Å². The number of thiazole rings is 1. The van der Waals surface area contributed by atoms with Crippen molar-refractivity contribution in [3.8, 4) is 10.6 Å². The van der Waals surface area contributed by atoms with Crippen LogP contribution in [0, 0.1) is 0 Å². The lowest BCUT2D eigenvalue weighted by Gasteiger charge is -1.94. The van der Waals surface area contributed by atoms with Crippen molar-refractivity contribution in [2.24, 2.45) is 0 Å². The number of aromatic nitrogens is 1. The average molecular weight is 240 g/mol. The molecule has 0 unspecified atom stereocenters. The number of nitrogens with zero attached hydrogens (tertiary/aromatic N) is 1. The summed E-state index contributed by atoms with van der Waals surface area (Å²) in [6.07, 6.45) is 1.82. The number of rotatable bonds is 1. The van der Waals surface area contributed by atoms with Gasteiger partial charge in [-0.25, -0.2) is 4.98 Å². The summed E-state index contributed by atoms with van der Waals surface area (Å²) in [7, 11) is 0. The van der Waals surface area contributed by atoms with Crippen LogP contribution in [-0.4, -0.2) is 4.98 Å². The Balaban J connectivity index is 2.43. The largest absolute Gasteiger partial charge is 0.245 e. The van der Waals surface area contributed by atoms with Crippen LogP contribution < -0.4 is 0 Å². The molecule has 0 N–H and O–H groups in total. The molecule has 0 spiro atoms. The Bertz CT molecular complexity index is 353. The fraction of sp³-hybridized carbons (Fsp3) is 0. The minimum absolute atomic E-state index is 1.07. The summed E-state index contributed by atoms with van der Waals surface area (Å²) in [5, 5.41) is 3.06. The highest BCUT2D eigenvalue weighted by Gasteiger charge is 1.97. The lowest BCUT2D eigenvalue weighted by molar-refractivity contribution is 1.41. The molecule has 1 aromatic carbocycles. The number of halogens is 1. The van der Waals surface area contributed by atoms with E-state index in [2.05, 4.69) is 33.0 Å². The first kappa shape index (κ1) is 7.95. The summed E-state index contributed by atoms with van der Waals surface area (Å²) in [5.41, 5.74) is 1.17. The van der Waals surface area contributed by atoms with Gasteiger partial charge < -0.3 is 0 Å². The van der Waals surface area contributed by atoms with Crippen LogP contribution >= 0.6 is 27.3 Å². The van der Waals surface area contributed by atoms with Gasteiger partial charge in [-0.1, -0.05) is 28.1 Å². The van der Waals surface area contributed by atoms with E-state index in [1.807, 2.05) is 23.7 Å². The average Bonchev–Trinajstić information content (AvgIpc) is 2.58. The molecule has 0 radical (unpaired) electrons. The van der Waals surface area contributed by atoms with E-state index in [4.69, 9.17) is 0 Å². The van der Waals surface area contributed by atoms with Crippen molar-refractivity contribution in [1.82, 2.24) is 4.98 Å². The maximum absolute atomic E-state index is 4.22. The van der Waals surface area contributed by atoms with Crippen LogP contribution in [0.5, 0.6) is 0 Å². The minimum Gasteiger partial charge on any atom is -0.245 e. The zero-order valence-corrected chi connectivity index (χ0v) is 8.60. The Kier molecular flexibility index (Phi) is 2.23. The van der Waals surface area contributed by atoms with Crippen LogP contribution in [-0.2, 0) is 0 Å². The van der Waals surface area contributed by atoms with Crippen LogP contribution in [0.25, 0.3) is 10.6 Å². The molecule has 0 saturated carbocycles. The molecule has 60 valence electrons. The molecule has 0 amide bonds. The molecule has 2 rings (SSSR count). The van der Waals surface area contributed by atoms with E-state index in [9.17, 15) is 0 Å². The van der Waals surface area contributed by atoms with Gasteiger partial charge in [0.05, 0.1) is 0 Å². The third-order valence-corrected chi connectivity index (χ3v) is 2.87. The van der Waals surface area contributed by atoms with Gasteiger partial charge in [0.2, 0.25) is 0 Å². The first-order valence-electron chi connectivity index (χ1n) is 3.52. The van der Waals surface area contributed by atoms with E-state index >= 15 is 0 Å². The van der Waals surface area contributed by atoms with Crippen molar-refractivity contribution in [2.45, 2.75) is 0 Å². The molecule has 1 heterocycles. The van der Waals surface area contributed by atoms with Gasteiger partial charge >= 0.3 is 0 Å². The Morgan fingerprint density at radius 3 is 2.50 bits per heavy atom. The zero-order valence-electron chi connectivity index (χ0n) is 6.20. The molecule has 0 aliphatic carbocycles. The normalized spacial score (nSPS) is 10.1. The smallest absolute Gasteiger partial charge is 0.123 e. The Morgan fingerprint density at radius 2 is 1.92 bits per heavy atom. The first-order valence-corrected chi connectivity index (χ1v) is 5.19. The molecule has 1 nitrogen and oxygen atoms in total. The van der Waals surface area contributed by atoms with Crippen LogP contribution in [0.2, 0.25) is 0 Å². The van der Waals surface area contributed by atoms with E-state index in [0.29, 0.717) is 0 Å². The second-order valence-electron chi connectivity index (χ2n) is 2.34. The fourth-order valence-corrected chi connectivity index (χ4v) is 1.87. The zero-order chi connectivity index (χ0) is 8.39. The lowest BCUT2D eigenvalue weighted by atomic mass is 10.2. The summed E-state index contributed by atoms with van der Waals surface area (Å²) in [6, 6.07) is 8.17. The predicted octanol–water partition coefficient (Wildman–Crippen LogP) is 3.57. The summed E-state index contributed by atoms with van der Waals surface area (Å²) in [6.45, 7) is 0. The van der Waals surface area contributed by atoms with E-state index < -0.39 is 0 Å². The van der Waals surface area contributed by atoms with E-state index in [-0.39, 0.29) is 0 Å². The molecular weight excluding hydrogens is 234 g/mol. The Morgan fingerprint density at radius 1 is 1.17 bits per heavy atom. The van der Waals surface area contributed by atoms with Gasteiger partial charge in [-0.15, -0.1) is 11.3 Å². The second kappa shape index (κ2) is 3.37. The highest BCUT2D eigenvalue weighted by molar-refractivity contribution is 9.10. The quantitative estimate of drug-likeness (QED) is 0.742. The molecule has 0 aliphatic heterocycles. The third kappa shape index (κ3) is 1.57. The lowest BCUT2D eigenvalue weighted by Crippen LogP contribution is -1.73. The third-order valence-electron chi connectivity index (χ3n) is 1.52. The van der Waals surface area contributed by atoms with Crippen LogP contribution in [0.3, 0.4) is 0 Å². The highest BCUT2D eigenvalue weighted by atomic mass is 79.9. The van der Waals surface area contributed by atoms with Gasteiger partial charge in [0.1, 0.15) is 5.01 Å². The highest BCUT2D eigenvalue weighted by Crippen LogP contribution is 2.22. The topological polar surface area (TPSA) is 12.9 Å². The van der Waals surface area contributed by atoms with Gasteiger partial charge in [0, 0.05) is 21.6 Å². The number of hydrogen-bond acceptors (Lipinski definition) is 2. The monoisotopic (exact) mass is 239 g/mol. The molecule has 0 atom stereocenters. The first-order chi connectivity index (χ1) is 5.86. The summed E-state index contributed by atoms with van der Waals surface area (Å²) in [5.74, 6) is 0.